The molecule has 0 aromatic rings. The SMILES string of the molecule is COC1CCC2(CCCC2)O1. The Morgan fingerprint density at radius 3 is 2.55 bits per heavy atom. The highest BCUT2D eigenvalue weighted by Gasteiger charge is 2.42. The van der Waals surface area contributed by atoms with Gasteiger partial charge >= 0.3 is 0 Å². The molecule has 2 nitrogen and oxygen atoms in total. The van der Waals surface area contributed by atoms with Crippen LogP contribution in [0.4, 0.5) is 0 Å². The molecule has 2 rings (SSSR count). The molecule has 0 radical (unpaired) electrons. The molecule has 0 N–H and O–H groups in total. The lowest BCUT2D eigenvalue weighted by atomic mass is 9.99. The summed E-state index contributed by atoms with van der Waals surface area (Å²) < 4.78 is 11.0. The first kappa shape index (κ1) is 7.56. The van der Waals surface area contributed by atoms with Gasteiger partial charge in [-0.2, -0.15) is 0 Å². The maximum atomic E-state index is 5.84. The number of ether oxygens (including phenoxy) is 2. The molecule has 1 aliphatic heterocycles. The molecular formula is C9H16O2. The Labute approximate surface area is 67.9 Å². The molecule has 2 heteroatoms. The largest absolute Gasteiger partial charge is 0.356 e. The molecule has 1 heterocycles. The molecule has 0 aromatic carbocycles. The lowest BCUT2D eigenvalue weighted by Crippen LogP contribution is -2.25. The Balaban J connectivity index is 1.96. The van der Waals surface area contributed by atoms with E-state index in [-0.39, 0.29) is 11.9 Å². The van der Waals surface area contributed by atoms with Crippen molar-refractivity contribution in [3.8, 4) is 0 Å². The van der Waals surface area contributed by atoms with Gasteiger partial charge in [0.25, 0.3) is 0 Å². The van der Waals surface area contributed by atoms with E-state index in [0.717, 1.165) is 6.42 Å². The van der Waals surface area contributed by atoms with Gasteiger partial charge in [0.2, 0.25) is 0 Å². The first-order valence-electron chi connectivity index (χ1n) is 4.55. The van der Waals surface area contributed by atoms with Gasteiger partial charge in [-0.3, -0.25) is 0 Å². The molecule has 2 fully saturated rings. The van der Waals surface area contributed by atoms with E-state index >= 15 is 0 Å². The number of rotatable bonds is 1. The number of hydrogen-bond acceptors (Lipinski definition) is 2. The van der Waals surface area contributed by atoms with Gasteiger partial charge in [0, 0.05) is 13.5 Å². The van der Waals surface area contributed by atoms with Crippen LogP contribution in [0.3, 0.4) is 0 Å². The van der Waals surface area contributed by atoms with E-state index in [1.807, 2.05) is 0 Å². The molecule has 1 saturated carbocycles. The van der Waals surface area contributed by atoms with Crippen LogP contribution < -0.4 is 0 Å². The summed E-state index contributed by atoms with van der Waals surface area (Å²) in [4.78, 5) is 0. The van der Waals surface area contributed by atoms with Crippen molar-refractivity contribution < 1.29 is 9.47 Å². The fourth-order valence-electron chi connectivity index (χ4n) is 2.33. The Bertz CT molecular complexity index is 138. The molecule has 0 bridgehead atoms. The second-order valence-corrected chi connectivity index (χ2v) is 3.71. The predicted molar refractivity (Wildman–Crippen MR) is 42.3 cm³/mol. The van der Waals surface area contributed by atoms with Crippen LogP contribution >= 0.6 is 0 Å². The van der Waals surface area contributed by atoms with Crippen LogP contribution in [0.15, 0.2) is 0 Å². The topological polar surface area (TPSA) is 18.5 Å². The van der Waals surface area contributed by atoms with E-state index in [1.165, 1.54) is 32.1 Å². The summed E-state index contributed by atoms with van der Waals surface area (Å²) in [5.41, 5.74) is 0.237. The highest BCUT2D eigenvalue weighted by Crippen LogP contribution is 2.43. The van der Waals surface area contributed by atoms with E-state index in [9.17, 15) is 0 Å². The average Bonchev–Trinajstić information content (AvgIpc) is 2.62. The third-order valence-electron chi connectivity index (χ3n) is 2.99. The van der Waals surface area contributed by atoms with E-state index in [2.05, 4.69) is 0 Å². The average molecular weight is 156 g/mol. The minimum Gasteiger partial charge on any atom is -0.356 e. The smallest absolute Gasteiger partial charge is 0.158 e. The van der Waals surface area contributed by atoms with Gasteiger partial charge in [-0.1, -0.05) is 12.8 Å². The van der Waals surface area contributed by atoms with Crippen molar-refractivity contribution in [2.24, 2.45) is 0 Å². The quantitative estimate of drug-likeness (QED) is 0.578. The zero-order chi connectivity index (χ0) is 7.73. The zero-order valence-electron chi connectivity index (χ0n) is 7.14. The monoisotopic (exact) mass is 156 g/mol. The van der Waals surface area contributed by atoms with Crippen molar-refractivity contribution in [3.63, 3.8) is 0 Å². The fraction of sp³-hybridized carbons (Fsp3) is 1.00. The summed E-state index contributed by atoms with van der Waals surface area (Å²) in [7, 11) is 1.73. The number of hydrogen-bond donors (Lipinski definition) is 0. The van der Waals surface area contributed by atoms with Crippen molar-refractivity contribution >= 4 is 0 Å². The van der Waals surface area contributed by atoms with Crippen LogP contribution in [-0.4, -0.2) is 19.0 Å². The van der Waals surface area contributed by atoms with Gasteiger partial charge in [0.15, 0.2) is 6.29 Å². The summed E-state index contributed by atoms with van der Waals surface area (Å²) >= 11 is 0. The molecule has 2 aliphatic rings. The second kappa shape index (κ2) is 2.76. The van der Waals surface area contributed by atoms with Gasteiger partial charge < -0.3 is 9.47 Å². The molecule has 64 valence electrons. The van der Waals surface area contributed by atoms with Gasteiger partial charge in [-0.25, -0.2) is 0 Å². The normalized spacial score (nSPS) is 35.2. The Kier molecular flexibility index (Phi) is 1.90. The molecule has 0 aromatic heterocycles. The van der Waals surface area contributed by atoms with Crippen LogP contribution in [0.2, 0.25) is 0 Å². The van der Waals surface area contributed by atoms with Crippen molar-refractivity contribution in [1.82, 2.24) is 0 Å². The second-order valence-electron chi connectivity index (χ2n) is 3.71. The molecule has 1 saturated heterocycles. The number of methoxy groups -OCH3 is 1. The van der Waals surface area contributed by atoms with Gasteiger partial charge in [0.05, 0.1) is 5.60 Å². The zero-order valence-corrected chi connectivity index (χ0v) is 7.14. The summed E-state index contributed by atoms with van der Waals surface area (Å²) in [6.07, 6.45) is 7.60. The van der Waals surface area contributed by atoms with Crippen LogP contribution in [0.1, 0.15) is 38.5 Å². The van der Waals surface area contributed by atoms with Crippen molar-refractivity contribution in [3.05, 3.63) is 0 Å². The minimum absolute atomic E-state index is 0.0908. The molecular weight excluding hydrogens is 140 g/mol. The Hall–Kier alpha value is -0.0800. The van der Waals surface area contributed by atoms with Crippen molar-refractivity contribution in [2.75, 3.05) is 7.11 Å². The molecule has 1 atom stereocenters. The lowest BCUT2D eigenvalue weighted by molar-refractivity contribution is -0.152. The molecule has 1 unspecified atom stereocenters. The third-order valence-corrected chi connectivity index (χ3v) is 2.99. The molecule has 1 aliphatic carbocycles. The van der Waals surface area contributed by atoms with E-state index in [0.29, 0.717) is 0 Å². The van der Waals surface area contributed by atoms with Crippen LogP contribution in [0.25, 0.3) is 0 Å². The molecule has 11 heavy (non-hydrogen) atoms. The fourth-order valence-corrected chi connectivity index (χ4v) is 2.33. The van der Waals surface area contributed by atoms with Crippen LogP contribution in [-0.2, 0) is 9.47 Å². The predicted octanol–water partition coefficient (Wildman–Crippen LogP) is 2.08. The first-order valence-corrected chi connectivity index (χ1v) is 4.55. The summed E-state index contributed by atoms with van der Waals surface area (Å²) in [6.45, 7) is 0. The van der Waals surface area contributed by atoms with E-state index in [4.69, 9.17) is 9.47 Å². The molecule has 0 amide bonds. The summed E-state index contributed by atoms with van der Waals surface area (Å²) in [5.74, 6) is 0. The van der Waals surface area contributed by atoms with Crippen molar-refractivity contribution in [2.45, 2.75) is 50.4 Å². The van der Waals surface area contributed by atoms with Gasteiger partial charge in [0.1, 0.15) is 0 Å². The van der Waals surface area contributed by atoms with Crippen LogP contribution in [0.5, 0.6) is 0 Å². The summed E-state index contributed by atoms with van der Waals surface area (Å²) in [6, 6.07) is 0. The van der Waals surface area contributed by atoms with E-state index in [1.54, 1.807) is 7.11 Å². The van der Waals surface area contributed by atoms with Crippen LogP contribution in [0, 0.1) is 0 Å². The maximum absolute atomic E-state index is 5.84. The highest BCUT2D eigenvalue weighted by molar-refractivity contribution is 4.90. The maximum Gasteiger partial charge on any atom is 0.158 e. The molecule has 1 spiro atoms. The standard InChI is InChI=1S/C9H16O2/c1-10-8-4-7-9(11-8)5-2-3-6-9/h8H,2-7H2,1H3. The third kappa shape index (κ3) is 1.30. The highest BCUT2D eigenvalue weighted by atomic mass is 16.7. The minimum atomic E-state index is 0.0908. The van der Waals surface area contributed by atoms with Gasteiger partial charge in [-0.05, 0) is 19.3 Å². The Morgan fingerprint density at radius 1 is 1.27 bits per heavy atom. The first-order chi connectivity index (χ1) is 5.35. The van der Waals surface area contributed by atoms with E-state index < -0.39 is 0 Å². The lowest BCUT2D eigenvalue weighted by Gasteiger charge is -2.22. The summed E-state index contributed by atoms with van der Waals surface area (Å²) in [5, 5.41) is 0. The van der Waals surface area contributed by atoms with Gasteiger partial charge in [-0.15, -0.1) is 0 Å². The van der Waals surface area contributed by atoms with Crippen molar-refractivity contribution in [1.29, 1.82) is 0 Å². The Morgan fingerprint density at radius 2 is 2.00 bits per heavy atom.